The molecule has 0 unspecified atom stereocenters. The lowest BCUT2D eigenvalue weighted by Crippen LogP contribution is -2.25. The molecule has 5 nitrogen and oxygen atoms in total. The van der Waals surface area contributed by atoms with Gasteiger partial charge in [0.2, 0.25) is 0 Å². The minimum atomic E-state index is -0.409. The van der Waals surface area contributed by atoms with Crippen LogP contribution >= 0.6 is 11.6 Å². The number of hydrogen-bond acceptors (Lipinski definition) is 5. The number of esters is 1. The summed E-state index contributed by atoms with van der Waals surface area (Å²) in [6, 6.07) is 14.0. The van der Waals surface area contributed by atoms with Gasteiger partial charge in [0, 0.05) is 29.2 Å². The molecule has 0 aliphatic carbocycles. The minimum Gasteiger partial charge on any atom is -0.464 e. The first-order chi connectivity index (χ1) is 11.6. The molecule has 0 aliphatic rings. The van der Waals surface area contributed by atoms with Crippen LogP contribution in [0.15, 0.2) is 48.5 Å². The second kappa shape index (κ2) is 9.05. The standard InChI is InChI=1S/C18H19ClN2O3/c19-15-7-5-13(6-8-15)17(22)9-10-24-18(23)12-21-11-14-3-1-2-4-16(14)20/h1-8,21H,9-12,20H2. The summed E-state index contributed by atoms with van der Waals surface area (Å²) in [5.41, 5.74) is 7.96. The molecule has 0 spiro atoms. The second-order valence-corrected chi connectivity index (χ2v) is 5.64. The van der Waals surface area contributed by atoms with E-state index in [0.29, 0.717) is 22.8 Å². The summed E-state index contributed by atoms with van der Waals surface area (Å²) < 4.78 is 5.05. The summed E-state index contributed by atoms with van der Waals surface area (Å²) >= 11 is 5.77. The van der Waals surface area contributed by atoms with Crippen molar-refractivity contribution in [1.82, 2.24) is 5.32 Å². The number of rotatable bonds is 8. The zero-order valence-corrected chi connectivity index (χ0v) is 13.9. The predicted molar refractivity (Wildman–Crippen MR) is 93.9 cm³/mol. The van der Waals surface area contributed by atoms with Gasteiger partial charge in [0.25, 0.3) is 0 Å². The smallest absolute Gasteiger partial charge is 0.319 e. The number of para-hydroxylation sites is 1. The van der Waals surface area contributed by atoms with Crippen LogP contribution in [-0.2, 0) is 16.1 Å². The Morgan fingerprint density at radius 2 is 1.79 bits per heavy atom. The molecule has 126 valence electrons. The molecular formula is C18H19ClN2O3. The molecular weight excluding hydrogens is 328 g/mol. The normalized spacial score (nSPS) is 10.4. The highest BCUT2D eigenvalue weighted by molar-refractivity contribution is 6.30. The van der Waals surface area contributed by atoms with Gasteiger partial charge < -0.3 is 15.8 Å². The van der Waals surface area contributed by atoms with E-state index < -0.39 is 5.97 Å². The first-order valence-corrected chi connectivity index (χ1v) is 7.92. The van der Waals surface area contributed by atoms with Gasteiger partial charge in [-0.25, -0.2) is 0 Å². The largest absolute Gasteiger partial charge is 0.464 e. The Kier molecular flexibility index (Phi) is 6.78. The van der Waals surface area contributed by atoms with Gasteiger partial charge in [-0.2, -0.15) is 0 Å². The zero-order chi connectivity index (χ0) is 17.4. The van der Waals surface area contributed by atoms with Crippen LogP contribution in [-0.4, -0.2) is 24.9 Å². The molecule has 2 rings (SSSR count). The lowest BCUT2D eigenvalue weighted by molar-refractivity contribution is -0.142. The van der Waals surface area contributed by atoms with Gasteiger partial charge in [-0.15, -0.1) is 0 Å². The lowest BCUT2D eigenvalue weighted by Gasteiger charge is -2.08. The van der Waals surface area contributed by atoms with Crippen molar-refractivity contribution in [2.45, 2.75) is 13.0 Å². The average Bonchev–Trinajstić information content (AvgIpc) is 2.57. The fourth-order valence-electron chi connectivity index (χ4n) is 2.08. The van der Waals surface area contributed by atoms with E-state index in [4.69, 9.17) is 22.1 Å². The monoisotopic (exact) mass is 346 g/mol. The highest BCUT2D eigenvalue weighted by Crippen LogP contribution is 2.11. The van der Waals surface area contributed by atoms with Crippen LogP contribution < -0.4 is 11.1 Å². The van der Waals surface area contributed by atoms with E-state index in [9.17, 15) is 9.59 Å². The first kappa shape index (κ1) is 18.0. The molecule has 0 radical (unpaired) electrons. The first-order valence-electron chi connectivity index (χ1n) is 7.55. The number of anilines is 1. The van der Waals surface area contributed by atoms with E-state index in [2.05, 4.69) is 5.32 Å². The maximum atomic E-state index is 11.9. The van der Waals surface area contributed by atoms with Crippen LogP contribution in [0.25, 0.3) is 0 Å². The number of carbonyl (C=O) groups is 2. The molecule has 0 heterocycles. The number of nitrogens with two attached hydrogens (primary N) is 1. The van der Waals surface area contributed by atoms with Crippen molar-refractivity contribution in [2.24, 2.45) is 0 Å². The number of Topliss-reactive ketones (excluding diaryl/α,β-unsaturated/α-hetero) is 1. The van der Waals surface area contributed by atoms with Crippen molar-refractivity contribution < 1.29 is 14.3 Å². The molecule has 0 saturated carbocycles. The Bertz CT molecular complexity index is 702. The van der Waals surface area contributed by atoms with Gasteiger partial charge in [0.1, 0.15) is 0 Å². The van der Waals surface area contributed by atoms with Crippen LogP contribution in [0.1, 0.15) is 22.3 Å². The fourth-order valence-corrected chi connectivity index (χ4v) is 2.21. The van der Waals surface area contributed by atoms with Crippen LogP contribution in [0, 0.1) is 0 Å². The van der Waals surface area contributed by atoms with Crippen LogP contribution in [0.2, 0.25) is 5.02 Å². The van der Waals surface area contributed by atoms with E-state index in [1.807, 2.05) is 18.2 Å². The molecule has 24 heavy (non-hydrogen) atoms. The molecule has 2 aromatic carbocycles. The van der Waals surface area contributed by atoms with Gasteiger partial charge in [-0.1, -0.05) is 29.8 Å². The van der Waals surface area contributed by atoms with Crippen molar-refractivity contribution in [3.05, 3.63) is 64.7 Å². The third kappa shape index (κ3) is 5.68. The molecule has 0 atom stereocenters. The quantitative estimate of drug-likeness (QED) is 0.436. The van der Waals surface area contributed by atoms with Crippen LogP contribution in [0.4, 0.5) is 5.69 Å². The zero-order valence-electron chi connectivity index (χ0n) is 13.1. The van der Waals surface area contributed by atoms with Crippen molar-refractivity contribution >= 4 is 29.0 Å². The summed E-state index contributed by atoms with van der Waals surface area (Å²) in [7, 11) is 0. The molecule has 0 amide bonds. The van der Waals surface area contributed by atoms with Gasteiger partial charge >= 0.3 is 5.97 Å². The fraction of sp³-hybridized carbons (Fsp3) is 0.222. The summed E-state index contributed by atoms with van der Waals surface area (Å²) in [6.07, 6.45) is 0.138. The Hall–Kier alpha value is -2.37. The Balaban J connectivity index is 1.65. The molecule has 0 aromatic heterocycles. The predicted octanol–water partition coefficient (Wildman–Crippen LogP) is 2.83. The van der Waals surface area contributed by atoms with Crippen LogP contribution in [0.5, 0.6) is 0 Å². The third-order valence-electron chi connectivity index (χ3n) is 3.40. The van der Waals surface area contributed by atoms with Crippen molar-refractivity contribution in [3.63, 3.8) is 0 Å². The van der Waals surface area contributed by atoms with E-state index >= 15 is 0 Å². The molecule has 0 bridgehead atoms. The summed E-state index contributed by atoms with van der Waals surface area (Å²) in [6.45, 7) is 0.588. The van der Waals surface area contributed by atoms with Crippen molar-refractivity contribution in [2.75, 3.05) is 18.9 Å². The second-order valence-electron chi connectivity index (χ2n) is 5.20. The van der Waals surface area contributed by atoms with E-state index in [1.165, 1.54) is 0 Å². The number of halogens is 1. The van der Waals surface area contributed by atoms with E-state index in [0.717, 1.165) is 5.56 Å². The molecule has 3 N–H and O–H groups in total. The van der Waals surface area contributed by atoms with Gasteiger partial charge in [-0.05, 0) is 35.9 Å². The molecule has 2 aromatic rings. The number of benzene rings is 2. The third-order valence-corrected chi connectivity index (χ3v) is 3.65. The number of hydrogen-bond donors (Lipinski definition) is 2. The number of nitrogen functional groups attached to an aromatic ring is 1. The SMILES string of the molecule is Nc1ccccc1CNCC(=O)OCCC(=O)c1ccc(Cl)cc1. The summed E-state index contributed by atoms with van der Waals surface area (Å²) in [5.74, 6) is -0.502. The van der Waals surface area contributed by atoms with Crippen LogP contribution in [0.3, 0.4) is 0 Å². The summed E-state index contributed by atoms with van der Waals surface area (Å²) in [4.78, 5) is 23.5. The average molecular weight is 347 g/mol. The summed E-state index contributed by atoms with van der Waals surface area (Å²) in [5, 5.41) is 3.54. The number of nitrogens with one attached hydrogen (secondary N) is 1. The molecule has 6 heteroatoms. The highest BCUT2D eigenvalue weighted by atomic mass is 35.5. The molecule has 0 saturated heterocycles. The molecule has 0 fully saturated rings. The van der Waals surface area contributed by atoms with E-state index in [1.54, 1.807) is 30.3 Å². The van der Waals surface area contributed by atoms with Gasteiger partial charge in [-0.3, -0.25) is 9.59 Å². The maximum absolute atomic E-state index is 11.9. The van der Waals surface area contributed by atoms with Crippen molar-refractivity contribution in [1.29, 1.82) is 0 Å². The highest BCUT2D eigenvalue weighted by Gasteiger charge is 2.08. The Morgan fingerprint density at radius 1 is 1.08 bits per heavy atom. The van der Waals surface area contributed by atoms with Gasteiger partial charge in [0.05, 0.1) is 13.2 Å². The topological polar surface area (TPSA) is 81.4 Å². The minimum absolute atomic E-state index is 0.0510. The number of ether oxygens (including phenoxy) is 1. The number of ketones is 1. The van der Waals surface area contributed by atoms with Crippen molar-refractivity contribution in [3.8, 4) is 0 Å². The van der Waals surface area contributed by atoms with E-state index in [-0.39, 0.29) is 25.4 Å². The Morgan fingerprint density at radius 3 is 2.50 bits per heavy atom. The Labute approximate surface area is 145 Å². The van der Waals surface area contributed by atoms with Gasteiger partial charge in [0.15, 0.2) is 5.78 Å². The molecule has 0 aliphatic heterocycles. The number of carbonyl (C=O) groups excluding carboxylic acids is 2. The lowest BCUT2D eigenvalue weighted by atomic mass is 10.1. The maximum Gasteiger partial charge on any atom is 0.319 e.